The standard InChI is InChI=1S/C15H21N3.ClH/c16-9-8-15-3-1-2-10-18(15)12-14-6-4-13(11-17)5-7-14;/h4-7,15H,1-3,8-10,12,16H2;1H. The lowest BCUT2D eigenvalue weighted by Gasteiger charge is -2.35. The van der Waals surface area contributed by atoms with Crippen molar-refractivity contribution in [2.45, 2.75) is 38.3 Å². The first-order valence-electron chi connectivity index (χ1n) is 6.76. The topological polar surface area (TPSA) is 53.0 Å². The molecule has 2 N–H and O–H groups in total. The van der Waals surface area contributed by atoms with Crippen LogP contribution in [0.25, 0.3) is 0 Å². The third kappa shape index (κ3) is 4.50. The van der Waals surface area contributed by atoms with E-state index in [1.54, 1.807) is 0 Å². The van der Waals surface area contributed by atoms with E-state index in [-0.39, 0.29) is 12.4 Å². The highest BCUT2D eigenvalue weighted by Crippen LogP contribution is 2.21. The maximum Gasteiger partial charge on any atom is 0.0991 e. The second-order valence-corrected chi connectivity index (χ2v) is 5.01. The van der Waals surface area contributed by atoms with E-state index >= 15 is 0 Å². The number of rotatable bonds is 4. The Hall–Kier alpha value is -1.08. The number of benzene rings is 1. The quantitative estimate of drug-likeness (QED) is 0.922. The predicted octanol–water partition coefficient (Wildman–Crippen LogP) is 2.68. The number of hydrogen-bond acceptors (Lipinski definition) is 3. The van der Waals surface area contributed by atoms with Gasteiger partial charge in [-0.3, -0.25) is 4.90 Å². The van der Waals surface area contributed by atoms with Gasteiger partial charge in [0.25, 0.3) is 0 Å². The van der Waals surface area contributed by atoms with Gasteiger partial charge in [0.2, 0.25) is 0 Å². The number of piperidine rings is 1. The summed E-state index contributed by atoms with van der Waals surface area (Å²) >= 11 is 0. The molecule has 4 heteroatoms. The van der Waals surface area contributed by atoms with Crippen LogP contribution in [-0.2, 0) is 6.54 Å². The van der Waals surface area contributed by atoms with E-state index < -0.39 is 0 Å². The average Bonchev–Trinajstić information content (AvgIpc) is 2.42. The van der Waals surface area contributed by atoms with Gasteiger partial charge in [-0.05, 0) is 50.0 Å². The van der Waals surface area contributed by atoms with Crippen molar-refractivity contribution in [3.05, 3.63) is 35.4 Å². The highest BCUT2D eigenvalue weighted by molar-refractivity contribution is 5.85. The SMILES string of the molecule is Cl.N#Cc1ccc(CN2CCCCC2CCN)cc1. The zero-order valence-electron chi connectivity index (χ0n) is 11.2. The molecule has 104 valence electrons. The van der Waals surface area contributed by atoms with E-state index in [1.807, 2.05) is 12.1 Å². The van der Waals surface area contributed by atoms with Crippen LogP contribution in [0.15, 0.2) is 24.3 Å². The van der Waals surface area contributed by atoms with Gasteiger partial charge in [0, 0.05) is 12.6 Å². The number of nitrogens with two attached hydrogens (primary N) is 1. The van der Waals surface area contributed by atoms with Crippen LogP contribution in [0, 0.1) is 11.3 Å². The van der Waals surface area contributed by atoms with Crippen LogP contribution in [0.5, 0.6) is 0 Å². The molecule has 1 aromatic rings. The minimum Gasteiger partial charge on any atom is -0.330 e. The van der Waals surface area contributed by atoms with Gasteiger partial charge in [0.15, 0.2) is 0 Å². The van der Waals surface area contributed by atoms with Gasteiger partial charge in [-0.2, -0.15) is 5.26 Å². The molecule has 1 atom stereocenters. The third-order valence-electron chi connectivity index (χ3n) is 3.72. The Morgan fingerprint density at radius 1 is 1.26 bits per heavy atom. The lowest BCUT2D eigenvalue weighted by molar-refractivity contribution is 0.134. The van der Waals surface area contributed by atoms with Crippen molar-refractivity contribution in [1.29, 1.82) is 5.26 Å². The van der Waals surface area contributed by atoms with Crippen LogP contribution in [0.2, 0.25) is 0 Å². The average molecular weight is 280 g/mol. The molecule has 1 aromatic carbocycles. The normalized spacial score (nSPS) is 19.5. The van der Waals surface area contributed by atoms with Crippen molar-refractivity contribution >= 4 is 12.4 Å². The van der Waals surface area contributed by atoms with Crippen molar-refractivity contribution in [3.63, 3.8) is 0 Å². The summed E-state index contributed by atoms with van der Waals surface area (Å²) in [6.45, 7) is 2.93. The molecular weight excluding hydrogens is 258 g/mol. The Kier molecular flexibility index (Phi) is 6.86. The summed E-state index contributed by atoms with van der Waals surface area (Å²) in [6.07, 6.45) is 4.98. The lowest BCUT2D eigenvalue weighted by atomic mass is 9.98. The largest absolute Gasteiger partial charge is 0.330 e. The molecule has 19 heavy (non-hydrogen) atoms. The van der Waals surface area contributed by atoms with E-state index in [4.69, 9.17) is 11.0 Å². The van der Waals surface area contributed by atoms with E-state index in [9.17, 15) is 0 Å². The molecule has 1 aliphatic heterocycles. The fourth-order valence-electron chi connectivity index (χ4n) is 2.71. The zero-order chi connectivity index (χ0) is 12.8. The van der Waals surface area contributed by atoms with E-state index in [1.165, 1.54) is 31.4 Å². The zero-order valence-corrected chi connectivity index (χ0v) is 12.0. The van der Waals surface area contributed by atoms with E-state index in [0.717, 1.165) is 25.1 Å². The smallest absolute Gasteiger partial charge is 0.0991 e. The van der Waals surface area contributed by atoms with Gasteiger partial charge < -0.3 is 5.73 Å². The van der Waals surface area contributed by atoms with E-state index in [0.29, 0.717) is 6.04 Å². The molecule has 1 heterocycles. The second-order valence-electron chi connectivity index (χ2n) is 5.01. The Balaban J connectivity index is 0.00000180. The summed E-state index contributed by atoms with van der Waals surface area (Å²) in [7, 11) is 0. The molecule has 0 spiro atoms. The van der Waals surface area contributed by atoms with Gasteiger partial charge >= 0.3 is 0 Å². The van der Waals surface area contributed by atoms with Gasteiger partial charge in [-0.15, -0.1) is 12.4 Å². The van der Waals surface area contributed by atoms with Gasteiger partial charge in [-0.25, -0.2) is 0 Å². The molecule has 1 fully saturated rings. The Morgan fingerprint density at radius 3 is 2.63 bits per heavy atom. The summed E-state index contributed by atoms with van der Waals surface area (Å²) in [6, 6.07) is 10.7. The maximum atomic E-state index is 8.79. The molecule has 0 aliphatic carbocycles. The van der Waals surface area contributed by atoms with Gasteiger partial charge in [0.05, 0.1) is 11.6 Å². The Bertz CT molecular complexity index is 408. The summed E-state index contributed by atoms with van der Waals surface area (Å²) in [5.41, 5.74) is 7.71. The predicted molar refractivity (Wildman–Crippen MR) is 80.1 cm³/mol. The highest BCUT2D eigenvalue weighted by Gasteiger charge is 2.21. The van der Waals surface area contributed by atoms with Crippen LogP contribution < -0.4 is 5.73 Å². The highest BCUT2D eigenvalue weighted by atomic mass is 35.5. The molecule has 2 rings (SSSR count). The number of halogens is 1. The maximum absolute atomic E-state index is 8.79. The first-order valence-corrected chi connectivity index (χ1v) is 6.76. The van der Waals surface area contributed by atoms with Crippen molar-refractivity contribution in [2.75, 3.05) is 13.1 Å². The number of nitrogens with zero attached hydrogens (tertiary/aromatic N) is 2. The number of nitriles is 1. The van der Waals surface area contributed by atoms with Crippen LogP contribution >= 0.6 is 12.4 Å². The molecule has 1 aliphatic rings. The van der Waals surface area contributed by atoms with Crippen molar-refractivity contribution < 1.29 is 0 Å². The van der Waals surface area contributed by atoms with Crippen LogP contribution in [-0.4, -0.2) is 24.0 Å². The third-order valence-corrected chi connectivity index (χ3v) is 3.72. The minimum atomic E-state index is 0. The van der Waals surface area contributed by atoms with Gasteiger partial charge in [-0.1, -0.05) is 18.6 Å². The molecule has 3 nitrogen and oxygen atoms in total. The molecule has 0 saturated carbocycles. The minimum absolute atomic E-state index is 0. The number of likely N-dealkylation sites (tertiary alicyclic amines) is 1. The second kappa shape index (κ2) is 8.16. The van der Waals surface area contributed by atoms with Crippen LogP contribution in [0.3, 0.4) is 0 Å². The molecule has 1 unspecified atom stereocenters. The molecule has 1 saturated heterocycles. The lowest BCUT2D eigenvalue weighted by Crippen LogP contribution is -2.40. The summed E-state index contributed by atoms with van der Waals surface area (Å²) < 4.78 is 0. The molecule has 0 bridgehead atoms. The summed E-state index contributed by atoms with van der Waals surface area (Å²) in [4.78, 5) is 2.54. The van der Waals surface area contributed by atoms with Gasteiger partial charge in [0.1, 0.15) is 0 Å². The first kappa shape index (κ1) is 16.0. The van der Waals surface area contributed by atoms with Crippen LogP contribution in [0.1, 0.15) is 36.8 Å². The molecular formula is C15H22ClN3. The number of hydrogen-bond donors (Lipinski definition) is 1. The summed E-state index contributed by atoms with van der Waals surface area (Å²) in [5.74, 6) is 0. The van der Waals surface area contributed by atoms with Crippen molar-refractivity contribution in [3.8, 4) is 6.07 Å². The molecule has 0 amide bonds. The first-order chi connectivity index (χ1) is 8.83. The van der Waals surface area contributed by atoms with E-state index in [2.05, 4.69) is 23.1 Å². The van der Waals surface area contributed by atoms with Crippen molar-refractivity contribution in [1.82, 2.24) is 4.90 Å². The fraction of sp³-hybridized carbons (Fsp3) is 0.533. The Morgan fingerprint density at radius 2 is 2.00 bits per heavy atom. The summed E-state index contributed by atoms with van der Waals surface area (Å²) in [5, 5.41) is 8.79. The molecule has 0 radical (unpaired) electrons. The van der Waals surface area contributed by atoms with Crippen LogP contribution in [0.4, 0.5) is 0 Å². The fourth-order valence-corrected chi connectivity index (χ4v) is 2.71. The monoisotopic (exact) mass is 279 g/mol. The van der Waals surface area contributed by atoms with Crippen molar-refractivity contribution in [2.24, 2.45) is 5.73 Å². The Labute approximate surface area is 121 Å². The molecule has 0 aromatic heterocycles.